The van der Waals surface area contributed by atoms with Gasteiger partial charge in [-0.3, -0.25) is 18.6 Å². The first-order valence-corrected chi connectivity index (χ1v) is 11.8. The molecule has 2 heterocycles. The molecule has 0 spiro atoms. The number of benzene rings is 1. The molecule has 1 saturated carbocycles. The van der Waals surface area contributed by atoms with Crippen LogP contribution in [-0.4, -0.2) is 36.4 Å². The Morgan fingerprint density at radius 2 is 2.03 bits per heavy atom. The third-order valence-electron chi connectivity index (χ3n) is 5.85. The van der Waals surface area contributed by atoms with Crippen molar-refractivity contribution >= 4 is 34.3 Å². The Bertz CT molecular complexity index is 1200. The van der Waals surface area contributed by atoms with Crippen molar-refractivity contribution in [2.24, 2.45) is 0 Å². The normalized spacial score (nSPS) is 15.4. The number of aryl methyl sites for hydroxylation is 1. The fourth-order valence-electron chi connectivity index (χ4n) is 4.22. The number of unbranched alkanes of at least 4 members (excludes halogenated alkanes) is 2. The summed E-state index contributed by atoms with van der Waals surface area (Å²) in [5, 5.41) is 22.1. The van der Waals surface area contributed by atoms with E-state index in [-0.39, 0.29) is 17.2 Å². The van der Waals surface area contributed by atoms with Gasteiger partial charge in [-0.05, 0) is 44.2 Å². The number of rotatable bonds is 8. The van der Waals surface area contributed by atoms with E-state index in [9.17, 15) is 14.9 Å². The number of nitriles is 1. The predicted octanol–water partition coefficient (Wildman–Crippen LogP) is 3.28. The number of carbonyl (C=O) groups excluding carboxylic acids is 1. The first kappa shape index (κ1) is 21.4. The minimum absolute atomic E-state index is 0.0712. The molecule has 8 nitrogen and oxygen atoms in total. The lowest BCUT2D eigenvalue weighted by Crippen LogP contribution is -2.45. The van der Waals surface area contributed by atoms with Crippen molar-refractivity contribution in [1.29, 1.82) is 5.26 Å². The number of thioether (sulfide) groups is 1. The monoisotopic (exact) mass is 438 g/mol. The third-order valence-corrected chi connectivity index (χ3v) is 6.77. The quantitative estimate of drug-likeness (QED) is 0.427. The van der Waals surface area contributed by atoms with E-state index in [0.717, 1.165) is 37.6 Å². The van der Waals surface area contributed by atoms with Crippen molar-refractivity contribution in [3.63, 3.8) is 0 Å². The zero-order valence-electron chi connectivity index (χ0n) is 17.6. The molecule has 9 heteroatoms. The topological polar surface area (TPSA) is 105 Å². The molecule has 1 N–H and O–H groups in total. The molecule has 2 aromatic heterocycles. The lowest BCUT2D eigenvalue weighted by molar-refractivity contribution is -0.119. The van der Waals surface area contributed by atoms with E-state index in [2.05, 4.69) is 28.5 Å². The number of hydrogen-bond donors (Lipinski definition) is 1. The molecular formula is C22H26N6O2S. The number of fused-ring (bicyclic) bond motifs is 3. The highest BCUT2D eigenvalue weighted by Crippen LogP contribution is 2.29. The van der Waals surface area contributed by atoms with E-state index < -0.39 is 5.54 Å². The maximum absolute atomic E-state index is 13.1. The van der Waals surface area contributed by atoms with Crippen LogP contribution in [0.5, 0.6) is 0 Å². The molecule has 0 saturated heterocycles. The van der Waals surface area contributed by atoms with E-state index in [1.54, 1.807) is 4.57 Å². The van der Waals surface area contributed by atoms with Gasteiger partial charge < -0.3 is 5.32 Å². The number of para-hydroxylation sites is 1. The number of carbonyl (C=O) groups is 1. The number of aromatic nitrogens is 4. The van der Waals surface area contributed by atoms with Gasteiger partial charge in [0.2, 0.25) is 11.7 Å². The maximum Gasteiger partial charge on any atom is 0.262 e. The SMILES string of the molecule is CCCCCn1c(=O)c2ccccc2n2c(SCC(=O)NC3(C#N)CCCC3)nnc12. The average Bonchev–Trinajstić information content (AvgIpc) is 3.42. The van der Waals surface area contributed by atoms with Gasteiger partial charge in [0.05, 0.1) is 22.7 Å². The number of amides is 1. The first-order valence-electron chi connectivity index (χ1n) is 10.8. The Morgan fingerprint density at radius 3 is 2.77 bits per heavy atom. The van der Waals surface area contributed by atoms with Crippen LogP contribution in [0.4, 0.5) is 0 Å². The molecule has 0 radical (unpaired) electrons. The highest BCUT2D eigenvalue weighted by molar-refractivity contribution is 7.99. The lowest BCUT2D eigenvalue weighted by atomic mass is 10.0. The second kappa shape index (κ2) is 9.10. The van der Waals surface area contributed by atoms with Crippen molar-refractivity contribution in [3.05, 3.63) is 34.6 Å². The molecule has 1 aliphatic carbocycles. The number of hydrogen-bond acceptors (Lipinski definition) is 6. The molecule has 0 aliphatic heterocycles. The third kappa shape index (κ3) is 4.17. The summed E-state index contributed by atoms with van der Waals surface area (Å²) >= 11 is 1.27. The smallest absolute Gasteiger partial charge is 0.262 e. The van der Waals surface area contributed by atoms with Crippen LogP contribution < -0.4 is 10.9 Å². The second-order valence-electron chi connectivity index (χ2n) is 8.04. The molecule has 1 aromatic carbocycles. The van der Waals surface area contributed by atoms with Gasteiger partial charge in [0.15, 0.2) is 5.16 Å². The summed E-state index contributed by atoms with van der Waals surface area (Å²) in [6.07, 6.45) is 6.28. The van der Waals surface area contributed by atoms with Crippen LogP contribution in [-0.2, 0) is 11.3 Å². The van der Waals surface area contributed by atoms with Crippen LogP contribution in [0.1, 0.15) is 51.9 Å². The van der Waals surface area contributed by atoms with Crippen LogP contribution in [0, 0.1) is 11.3 Å². The molecule has 3 aromatic rings. The molecule has 1 aliphatic rings. The fraction of sp³-hybridized carbons (Fsp3) is 0.500. The molecule has 31 heavy (non-hydrogen) atoms. The van der Waals surface area contributed by atoms with Crippen molar-refractivity contribution in [2.45, 2.75) is 69.1 Å². The fourth-order valence-corrected chi connectivity index (χ4v) is 4.96. The number of nitrogens with zero attached hydrogens (tertiary/aromatic N) is 5. The summed E-state index contributed by atoms with van der Waals surface area (Å²) in [5.74, 6) is 0.436. The first-order chi connectivity index (χ1) is 15.1. The van der Waals surface area contributed by atoms with E-state index >= 15 is 0 Å². The number of nitrogens with one attached hydrogen (secondary N) is 1. The second-order valence-corrected chi connectivity index (χ2v) is 8.98. The Kier molecular flexibility index (Phi) is 6.28. The Morgan fingerprint density at radius 1 is 1.26 bits per heavy atom. The molecule has 0 bridgehead atoms. The molecule has 0 unspecified atom stereocenters. The molecule has 1 amide bonds. The molecule has 0 atom stereocenters. The van der Waals surface area contributed by atoms with Gasteiger partial charge in [-0.15, -0.1) is 10.2 Å². The summed E-state index contributed by atoms with van der Waals surface area (Å²) in [5.41, 5.74) is -0.0821. The Labute approximate surface area is 184 Å². The molecule has 1 fully saturated rings. The summed E-state index contributed by atoms with van der Waals surface area (Å²) in [6.45, 7) is 2.70. The zero-order chi connectivity index (χ0) is 21.8. The van der Waals surface area contributed by atoms with Gasteiger partial charge in [-0.1, -0.05) is 43.7 Å². The summed E-state index contributed by atoms with van der Waals surface area (Å²) < 4.78 is 3.54. The van der Waals surface area contributed by atoms with Gasteiger partial charge in [0, 0.05) is 6.54 Å². The lowest BCUT2D eigenvalue weighted by Gasteiger charge is -2.21. The van der Waals surface area contributed by atoms with Crippen molar-refractivity contribution in [2.75, 3.05) is 5.75 Å². The minimum atomic E-state index is -0.739. The molecular weight excluding hydrogens is 412 g/mol. The average molecular weight is 439 g/mol. The predicted molar refractivity (Wildman–Crippen MR) is 120 cm³/mol. The zero-order valence-corrected chi connectivity index (χ0v) is 18.5. The van der Waals surface area contributed by atoms with Gasteiger partial charge in [-0.25, -0.2) is 0 Å². The summed E-state index contributed by atoms with van der Waals surface area (Å²) in [4.78, 5) is 25.6. The van der Waals surface area contributed by atoms with E-state index in [4.69, 9.17) is 0 Å². The van der Waals surface area contributed by atoms with Gasteiger partial charge in [0.1, 0.15) is 5.54 Å². The van der Waals surface area contributed by atoms with Gasteiger partial charge in [0.25, 0.3) is 5.56 Å². The van der Waals surface area contributed by atoms with Crippen LogP contribution >= 0.6 is 11.8 Å². The summed E-state index contributed by atoms with van der Waals surface area (Å²) in [7, 11) is 0. The van der Waals surface area contributed by atoms with Crippen LogP contribution in [0.2, 0.25) is 0 Å². The van der Waals surface area contributed by atoms with Crippen molar-refractivity contribution < 1.29 is 4.79 Å². The van der Waals surface area contributed by atoms with E-state index in [0.29, 0.717) is 35.7 Å². The van der Waals surface area contributed by atoms with Gasteiger partial charge >= 0.3 is 0 Å². The van der Waals surface area contributed by atoms with Crippen LogP contribution in [0.3, 0.4) is 0 Å². The van der Waals surface area contributed by atoms with Crippen LogP contribution in [0.15, 0.2) is 34.2 Å². The minimum Gasteiger partial charge on any atom is -0.337 e. The highest BCUT2D eigenvalue weighted by Gasteiger charge is 2.35. The van der Waals surface area contributed by atoms with E-state index in [1.807, 2.05) is 28.7 Å². The van der Waals surface area contributed by atoms with Crippen LogP contribution in [0.25, 0.3) is 16.7 Å². The Hall–Kier alpha value is -2.86. The highest BCUT2D eigenvalue weighted by atomic mass is 32.2. The van der Waals surface area contributed by atoms with Gasteiger partial charge in [-0.2, -0.15) is 5.26 Å². The largest absolute Gasteiger partial charge is 0.337 e. The summed E-state index contributed by atoms with van der Waals surface area (Å²) in [6, 6.07) is 9.69. The van der Waals surface area contributed by atoms with E-state index in [1.165, 1.54) is 11.8 Å². The maximum atomic E-state index is 13.1. The Balaban J connectivity index is 1.64. The molecule has 4 rings (SSSR count). The van der Waals surface area contributed by atoms with Crippen molar-refractivity contribution in [3.8, 4) is 6.07 Å². The van der Waals surface area contributed by atoms with Crippen molar-refractivity contribution in [1.82, 2.24) is 24.5 Å². The standard InChI is InChI=1S/C22H26N6O2S/c1-2-3-8-13-27-19(30)16-9-4-5-10-17(16)28-20(27)25-26-21(28)31-14-18(29)24-22(15-23)11-6-7-12-22/h4-5,9-10H,2-3,6-8,11-14H2,1H3,(H,24,29). The molecule has 162 valence electrons.